The van der Waals surface area contributed by atoms with Gasteiger partial charge >= 0.3 is 0 Å². The second kappa shape index (κ2) is 5.60. The van der Waals surface area contributed by atoms with Crippen LogP contribution >= 0.6 is 0 Å². The molecule has 0 saturated carbocycles. The van der Waals surface area contributed by atoms with E-state index in [9.17, 15) is 0 Å². The highest BCUT2D eigenvalue weighted by Gasteiger charge is 2.21. The Morgan fingerprint density at radius 2 is 1.95 bits per heavy atom. The van der Waals surface area contributed by atoms with Gasteiger partial charge in [-0.05, 0) is 42.5 Å². The number of benzene rings is 1. The van der Waals surface area contributed by atoms with E-state index in [2.05, 4.69) is 60.5 Å². The minimum absolute atomic E-state index is 0.159. The quantitative estimate of drug-likeness (QED) is 0.917. The van der Waals surface area contributed by atoms with Crippen LogP contribution in [0.3, 0.4) is 0 Å². The summed E-state index contributed by atoms with van der Waals surface area (Å²) in [6, 6.07) is 8.41. The van der Waals surface area contributed by atoms with Gasteiger partial charge in [-0.1, -0.05) is 38.1 Å². The molecular weight excluding hydrogens is 262 g/mol. The lowest BCUT2D eigenvalue weighted by molar-refractivity contribution is 0.393. The molecule has 2 aromatic rings. The fourth-order valence-electron chi connectivity index (χ4n) is 2.70. The predicted molar refractivity (Wildman–Crippen MR) is 83.3 cm³/mol. The summed E-state index contributed by atoms with van der Waals surface area (Å²) in [6.45, 7) is 8.67. The zero-order valence-corrected chi connectivity index (χ0v) is 13.0. The zero-order valence-electron chi connectivity index (χ0n) is 13.0. The normalized spacial score (nSPS) is 19.7. The van der Waals surface area contributed by atoms with Gasteiger partial charge in [-0.2, -0.15) is 4.98 Å². The second-order valence-electron chi connectivity index (χ2n) is 6.83. The van der Waals surface area contributed by atoms with Crippen molar-refractivity contribution in [2.45, 2.75) is 44.9 Å². The molecule has 112 valence electrons. The molecule has 1 aliphatic heterocycles. The monoisotopic (exact) mass is 285 g/mol. The Kier molecular flexibility index (Phi) is 3.81. The highest BCUT2D eigenvalue weighted by atomic mass is 16.5. The van der Waals surface area contributed by atoms with Crippen LogP contribution < -0.4 is 5.32 Å². The molecule has 1 aliphatic rings. The van der Waals surface area contributed by atoms with Gasteiger partial charge in [-0.3, -0.25) is 0 Å². The van der Waals surface area contributed by atoms with Gasteiger partial charge < -0.3 is 9.84 Å². The summed E-state index contributed by atoms with van der Waals surface area (Å²) >= 11 is 0. The molecule has 21 heavy (non-hydrogen) atoms. The molecule has 1 unspecified atom stereocenters. The van der Waals surface area contributed by atoms with Gasteiger partial charge in [0, 0.05) is 18.0 Å². The van der Waals surface area contributed by atoms with E-state index < -0.39 is 0 Å². The number of aromatic nitrogens is 2. The Balaban J connectivity index is 1.79. The lowest BCUT2D eigenvalue weighted by atomic mass is 9.87. The van der Waals surface area contributed by atoms with Crippen LogP contribution in [-0.4, -0.2) is 23.2 Å². The van der Waals surface area contributed by atoms with Gasteiger partial charge in [0.2, 0.25) is 0 Å². The molecule has 1 aromatic heterocycles. The molecule has 4 heteroatoms. The van der Waals surface area contributed by atoms with Gasteiger partial charge in [0.05, 0.1) is 0 Å². The van der Waals surface area contributed by atoms with Crippen LogP contribution in [0, 0.1) is 0 Å². The van der Waals surface area contributed by atoms with Crippen LogP contribution in [-0.2, 0) is 5.41 Å². The Labute approximate surface area is 126 Å². The Morgan fingerprint density at radius 1 is 1.19 bits per heavy atom. The maximum absolute atomic E-state index is 5.44. The van der Waals surface area contributed by atoms with Gasteiger partial charge in [0.25, 0.3) is 5.89 Å². The third-order valence-corrected chi connectivity index (χ3v) is 4.10. The maximum atomic E-state index is 5.44. The van der Waals surface area contributed by atoms with Crippen LogP contribution in [0.5, 0.6) is 0 Å². The van der Waals surface area contributed by atoms with Crippen LogP contribution in [0.15, 0.2) is 28.8 Å². The summed E-state index contributed by atoms with van der Waals surface area (Å²) in [5.41, 5.74) is 2.46. The van der Waals surface area contributed by atoms with Crippen molar-refractivity contribution in [2.75, 3.05) is 13.1 Å². The fourth-order valence-corrected chi connectivity index (χ4v) is 2.70. The highest BCUT2D eigenvalue weighted by Crippen LogP contribution is 2.27. The molecule has 4 nitrogen and oxygen atoms in total. The largest absolute Gasteiger partial charge is 0.334 e. The summed E-state index contributed by atoms with van der Waals surface area (Å²) in [6.07, 6.45) is 2.31. The summed E-state index contributed by atoms with van der Waals surface area (Å²) < 4.78 is 5.44. The van der Waals surface area contributed by atoms with Crippen molar-refractivity contribution in [2.24, 2.45) is 0 Å². The molecule has 0 aliphatic carbocycles. The molecule has 1 atom stereocenters. The van der Waals surface area contributed by atoms with Gasteiger partial charge in [0.1, 0.15) is 0 Å². The maximum Gasteiger partial charge on any atom is 0.257 e. The topological polar surface area (TPSA) is 51.0 Å². The van der Waals surface area contributed by atoms with Crippen molar-refractivity contribution in [3.05, 3.63) is 35.7 Å². The minimum Gasteiger partial charge on any atom is -0.334 e. The van der Waals surface area contributed by atoms with Gasteiger partial charge in [0.15, 0.2) is 5.82 Å². The van der Waals surface area contributed by atoms with Gasteiger partial charge in [-0.25, -0.2) is 0 Å². The molecule has 0 bridgehead atoms. The molecule has 1 saturated heterocycles. The number of nitrogens with one attached hydrogen (secondary N) is 1. The van der Waals surface area contributed by atoms with Crippen molar-refractivity contribution < 1.29 is 4.52 Å². The average Bonchev–Trinajstić information content (AvgIpc) is 2.97. The van der Waals surface area contributed by atoms with E-state index in [1.165, 1.54) is 12.0 Å². The first kappa shape index (κ1) is 14.3. The van der Waals surface area contributed by atoms with E-state index in [0.717, 1.165) is 30.9 Å². The van der Waals surface area contributed by atoms with Crippen LogP contribution in [0.25, 0.3) is 11.5 Å². The van der Waals surface area contributed by atoms with Crippen molar-refractivity contribution >= 4 is 0 Å². The Hall–Kier alpha value is -1.68. The lowest BCUT2D eigenvalue weighted by Gasteiger charge is -2.19. The summed E-state index contributed by atoms with van der Waals surface area (Å²) in [7, 11) is 0. The van der Waals surface area contributed by atoms with Crippen molar-refractivity contribution in [3.8, 4) is 11.5 Å². The number of hydrogen-bond donors (Lipinski definition) is 1. The average molecular weight is 285 g/mol. The Bertz CT molecular complexity index is 589. The van der Waals surface area contributed by atoms with E-state index >= 15 is 0 Å². The second-order valence-corrected chi connectivity index (χ2v) is 6.83. The highest BCUT2D eigenvalue weighted by molar-refractivity contribution is 5.53. The first-order chi connectivity index (χ1) is 10.0. The van der Waals surface area contributed by atoms with Crippen molar-refractivity contribution in [1.29, 1.82) is 0 Å². The molecular formula is C17H23N3O. The van der Waals surface area contributed by atoms with E-state index in [-0.39, 0.29) is 5.41 Å². The number of rotatable bonds is 2. The van der Waals surface area contributed by atoms with E-state index in [1.807, 2.05) is 0 Å². The molecule has 0 radical (unpaired) electrons. The summed E-state index contributed by atoms with van der Waals surface area (Å²) in [5, 5.41) is 7.55. The summed E-state index contributed by atoms with van der Waals surface area (Å²) in [4.78, 5) is 4.58. The summed E-state index contributed by atoms with van der Waals surface area (Å²) in [5.74, 6) is 1.83. The number of hydrogen-bond acceptors (Lipinski definition) is 4. The van der Waals surface area contributed by atoms with E-state index in [4.69, 9.17) is 4.52 Å². The van der Waals surface area contributed by atoms with E-state index in [1.54, 1.807) is 0 Å². The predicted octanol–water partition coefficient (Wildman–Crippen LogP) is 3.50. The van der Waals surface area contributed by atoms with E-state index in [0.29, 0.717) is 11.8 Å². The molecule has 3 rings (SSSR count). The van der Waals surface area contributed by atoms with Crippen LogP contribution in [0.2, 0.25) is 0 Å². The number of piperidine rings is 1. The molecule has 1 fully saturated rings. The first-order valence-electron chi connectivity index (χ1n) is 7.69. The van der Waals surface area contributed by atoms with Crippen LogP contribution in [0.1, 0.15) is 50.9 Å². The van der Waals surface area contributed by atoms with Crippen LogP contribution in [0.4, 0.5) is 0 Å². The fraction of sp³-hybridized carbons (Fsp3) is 0.529. The Morgan fingerprint density at radius 3 is 2.57 bits per heavy atom. The molecule has 1 N–H and O–H groups in total. The molecule has 2 heterocycles. The third kappa shape index (κ3) is 3.16. The van der Waals surface area contributed by atoms with Gasteiger partial charge in [-0.15, -0.1) is 0 Å². The first-order valence-corrected chi connectivity index (χ1v) is 7.69. The number of nitrogens with zero attached hydrogens (tertiary/aromatic N) is 2. The molecule has 0 amide bonds. The third-order valence-electron chi connectivity index (χ3n) is 4.10. The standard InChI is InChI=1S/C17H23N3O/c1-17(2,3)14-8-6-12(7-9-14)16-19-15(20-21-16)13-5-4-10-18-11-13/h6-9,13,18H,4-5,10-11H2,1-3H3. The lowest BCUT2D eigenvalue weighted by Crippen LogP contribution is -2.28. The minimum atomic E-state index is 0.159. The zero-order chi connectivity index (χ0) is 14.9. The molecule has 0 spiro atoms. The smallest absolute Gasteiger partial charge is 0.257 e. The van der Waals surface area contributed by atoms with Crippen molar-refractivity contribution in [1.82, 2.24) is 15.5 Å². The van der Waals surface area contributed by atoms with Crippen molar-refractivity contribution in [3.63, 3.8) is 0 Å². The SMILES string of the molecule is CC(C)(C)c1ccc(-c2nc(C3CCCNC3)no2)cc1. The molecule has 1 aromatic carbocycles.